The first-order valence-corrected chi connectivity index (χ1v) is 8.58. The molecule has 3 nitrogen and oxygen atoms in total. The second-order valence-electron chi connectivity index (χ2n) is 5.51. The van der Waals surface area contributed by atoms with Crippen LogP contribution in [0.3, 0.4) is 0 Å². The molecule has 1 aromatic carbocycles. The SMILES string of the molecule is CC(C)c1cc(S(=O)(=O)N(C)C)c(C(C)C)cc1Br. The molecule has 0 unspecified atom stereocenters. The van der Waals surface area contributed by atoms with E-state index in [-0.39, 0.29) is 11.8 Å². The van der Waals surface area contributed by atoms with Gasteiger partial charge in [0.15, 0.2) is 0 Å². The van der Waals surface area contributed by atoms with Gasteiger partial charge in [0.25, 0.3) is 0 Å². The molecule has 0 N–H and O–H groups in total. The molecule has 0 bridgehead atoms. The van der Waals surface area contributed by atoms with Crippen molar-refractivity contribution in [2.24, 2.45) is 0 Å². The Morgan fingerprint density at radius 1 is 1.00 bits per heavy atom. The average molecular weight is 348 g/mol. The van der Waals surface area contributed by atoms with Crippen LogP contribution in [0.2, 0.25) is 0 Å². The minimum absolute atomic E-state index is 0.155. The summed E-state index contributed by atoms with van der Waals surface area (Å²) >= 11 is 3.55. The first kappa shape index (κ1) is 16.7. The Hall–Kier alpha value is -0.390. The maximum atomic E-state index is 12.5. The van der Waals surface area contributed by atoms with Crippen molar-refractivity contribution < 1.29 is 8.42 Å². The molecule has 1 aromatic rings. The fourth-order valence-electron chi connectivity index (χ4n) is 1.90. The van der Waals surface area contributed by atoms with Crippen molar-refractivity contribution in [1.29, 1.82) is 0 Å². The van der Waals surface area contributed by atoms with E-state index in [4.69, 9.17) is 0 Å². The molecule has 0 saturated heterocycles. The zero-order valence-corrected chi connectivity index (χ0v) is 14.8. The Morgan fingerprint density at radius 2 is 1.47 bits per heavy atom. The third kappa shape index (κ3) is 3.38. The number of benzene rings is 1. The van der Waals surface area contributed by atoms with Crippen molar-refractivity contribution in [1.82, 2.24) is 4.31 Å². The fourth-order valence-corrected chi connectivity index (χ4v) is 3.98. The highest BCUT2D eigenvalue weighted by atomic mass is 79.9. The summed E-state index contributed by atoms with van der Waals surface area (Å²) in [7, 11) is -0.281. The van der Waals surface area contributed by atoms with Crippen LogP contribution in [0.4, 0.5) is 0 Å². The van der Waals surface area contributed by atoms with E-state index in [1.54, 1.807) is 20.2 Å². The maximum Gasteiger partial charge on any atom is 0.242 e. The second kappa shape index (κ2) is 5.94. The van der Waals surface area contributed by atoms with E-state index >= 15 is 0 Å². The minimum Gasteiger partial charge on any atom is -0.207 e. The van der Waals surface area contributed by atoms with E-state index in [0.717, 1.165) is 15.6 Å². The van der Waals surface area contributed by atoms with Gasteiger partial charge in [0.05, 0.1) is 4.90 Å². The summed E-state index contributed by atoms with van der Waals surface area (Å²) < 4.78 is 27.2. The van der Waals surface area contributed by atoms with Gasteiger partial charge in [-0.15, -0.1) is 0 Å². The van der Waals surface area contributed by atoms with Crippen molar-refractivity contribution >= 4 is 26.0 Å². The van der Waals surface area contributed by atoms with Crippen LogP contribution in [0.25, 0.3) is 0 Å². The minimum atomic E-state index is -3.41. The van der Waals surface area contributed by atoms with Gasteiger partial charge < -0.3 is 0 Å². The number of halogens is 1. The summed E-state index contributed by atoms with van der Waals surface area (Å²) in [6, 6.07) is 3.75. The Labute approximate surface area is 125 Å². The molecular weight excluding hydrogens is 326 g/mol. The molecule has 0 aliphatic rings. The summed E-state index contributed by atoms with van der Waals surface area (Å²) in [6.07, 6.45) is 0. The summed E-state index contributed by atoms with van der Waals surface area (Å²) in [5, 5.41) is 0. The molecule has 0 aliphatic carbocycles. The molecule has 0 fully saturated rings. The normalized spacial score (nSPS) is 12.7. The van der Waals surface area contributed by atoms with Gasteiger partial charge in [-0.25, -0.2) is 12.7 Å². The molecule has 0 spiro atoms. The van der Waals surface area contributed by atoms with Gasteiger partial charge >= 0.3 is 0 Å². The predicted octanol–water partition coefficient (Wildman–Crippen LogP) is 3.95. The summed E-state index contributed by atoms with van der Waals surface area (Å²) in [6.45, 7) is 8.12. The van der Waals surface area contributed by atoms with Crippen molar-refractivity contribution in [2.45, 2.75) is 44.4 Å². The van der Waals surface area contributed by atoms with Crippen LogP contribution in [0, 0.1) is 0 Å². The van der Waals surface area contributed by atoms with Gasteiger partial charge in [-0.1, -0.05) is 43.6 Å². The molecule has 0 atom stereocenters. The summed E-state index contributed by atoms with van der Waals surface area (Å²) in [4.78, 5) is 0.416. The lowest BCUT2D eigenvalue weighted by atomic mass is 9.97. The fraction of sp³-hybridized carbons (Fsp3) is 0.571. The number of rotatable bonds is 4. The summed E-state index contributed by atoms with van der Waals surface area (Å²) in [5.41, 5.74) is 1.87. The number of hydrogen-bond acceptors (Lipinski definition) is 2. The van der Waals surface area contributed by atoms with E-state index in [0.29, 0.717) is 4.90 Å². The van der Waals surface area contributed by atoms with E-state index < -0.39 is 10.0 Å². The number of sulfonamides is 1. The lowest BCUT2D eigenvalue weighted by Gasteiger charge is -2.20. The lowest BCUT2D eigenvalue weighted by Crippen LogP contribution is -2.24. The zero-order valence-electron chi connectivity index (χ0n) is 12.4. The molecule has 1 rings (SSSR count). The number of nitrogens with zero attached hydrogens (tertiary/aromatic N) is 1. The Morgan fingerprint density at radius 3 is 1.84 bits per heavy atom. The molecule has 5 heteroatoms. The highest BCUT2D eigenvalue weighted by Crippen LogP contribution is 2.34. The third-order valence-corrected chi connectivity index (χ3v) is 5.69. The van der Waals surface area contributed by atoms with Gasteiger partial charge in [-0.05, 0) is 35.1 Å². The Balaban J connectivity index is 3.65. The van der Waals surface area contributed by atoms with Crippen LogP contribution in [0.5, 0.6) is 0 Å². The predicted molar refractivity (Wildman–Crippen MR) is 83.2 cm³/mol. The first-order valence-electron chi connectivity index (χ1n) is 6.34. The largest absolute Gasteiger partial charge is 0.242 e. The second-order valence-corrected chi connectivity index (χ2v) is 8.48. The molecule has 0 aliphatic heterocycles. The van der Waals surface area contributed by atoms with Crippen molar-refractivity contribution in [3.05, 3.63) is 27.7 Å². The lowest BCUT2D eigenvalue weighted by molar-refractivity contribution is 0.518. The molecule has 0 heterocycles. The van der Waals surface area contributed by atoms with E-state index in [9.17, 15) is 8.42 Å². The van der Waals surface area contributed by atoms with E-state index in [1.165, 1.54) is 4.31 Å². The van der Waals surface area contributed by atoms with Gasteiger partial charge in [0.1, 0.15) is 0 Å². The van der Waals surface area contributed by atoms with Crippen LogP contribution in [-0.4, -0.2) is 26.8 Å². The van der Waals surface area contributed by atoms with Crippen LogP contribution >= 0.6 is 15.9 Å². The average Bonchev–Trinajstić information content (AvgIpc) is 2.27. The summed E-state index contributed by atoms with van der Waals surface area (Å²) in [5.74, 6) is 0.425. The Bertz CT molecular complexity index is 563. The van der Waals surface area contributed by atoms with Gasteiger partial charge in [0.2, 0.25) is 10.0 Å². The van der Waals surface area contributed by atoms with Crippen LogP contribution < -0.4 is 0 Å². The van der Waals surface area contributed by atoms with Gasteiger partial charge in [-0.3, -0.25) is 0 Å². The zero-order chi connectivity index (χ0) is 15.0. The highest BCUT2D eigenvalue weighted by Gasteiger charge is 2.24. The van der Waals surface area contributed by atoms with E-state index in [1.807, 2.05) is 19.9 Å². The van der Waals surface area contributed by atoms with Gasteiger partial charge in [-0.2, -0.15) is 0 Å². The molecule has 19 heavy (non-hydrogen) atoms. The van der Waals surface area contributed by atoms with Crippen LogP contribution in [-0.2, 0) is 10.0 Å². The quantitative estimate of drug-likeness (QED) is 0.826. The smallest absolute Gasteiger partial charge is 0.207 e. The molecule has 0 saturated carbocycles. The Kier molecular flexibility index (Phi) is 5.21. The standard InChI is InChI=1S/C14H22BrNO2S/c1-9(2)11-8-14(19(17,18)16(5)6)12(10(3)4)7-13(11)15/h7-10H,1-6H3. The third-order valence-electron chi connectivity index (χ3n) is 3.13. The molecule has 0 amide bonds. The molecular formula is C14H22BrNO2S. The highest BCUT2D eigenvalue weighted by molar-refractivity contribution is 9.10. The topological polar surface area (TPSA) is 37.4 Å². The maximum absolute atomic E-state index is 12.5. The monoisotopic (exact) mass is 347 g/mol. The van der Waals surface area contributed by atoms with Crippen LogP contribution in [0.1, 0.15) is 50.7 Å². The van der Waals surface area contributed by atoms with Crippen molar-refractivity contribution in [3.8, 4) is 0 Å². The van der Waals surface area contributed by atoms with E-state index in [2.05, 4.69) is 29.8 Å². The first-order chi connectivity index (χ1) is 8.59. The molecule has 108 valence electrons. The molecule has 0 radical (unpaired) electrons. The number of hydrogen-bond donors (Lipinski definition) is 0. The van der Waals surface area contributed by atoms with Gasteiger partial charge in [0, 0.05) is 18.6 Å². The van der Waals surface area contributed by atoms with Crippen LogP contribution in [0.15, 0.2) is 21.5 Å². The molecule has 0 aromatic heterocycles. The van der Waals surface area contributed by atoms with Crippen molar-refractivity contribution in [2.75, 3.05) is 14.1 Å². The van der Waals surface area contributed by atoms with Crippen molar-refractivity contribution in [3.63, 3.8) is 0 Å².